The number of fused-ring (bicyclic) bond motifs is 1. The molecule has 3 atom stereocenters. The Balaban J connectivity index is 2.02. The highest BCUT2D eigenvalue weighted by Crippen LogP contribution is 2.31. The molecule has 3 rings (SSSR count). The Bertz CT molecular complexity index is 587. The molecule has 102 valence electrons. The molecule has 1 aliphatic rings. The van der Waals surface area contributed by atoms with E-state index in [1.807, 2.05) is 0 Å². The lowest BCUT2D eigenvalue weighted by molar-refractivity contribution is -0.0486. The Morgan fingerprint density at radius 2 is 2.32 bits per heavy atom. The number of imidazole rings is 1. The normalized spacial score (nSPS) is 27.0. The third-order valence-corrected chi connectivity index (χ3v) is 3.16. The molecule has 0 amide bonds. The van der Waals surface area contributed by atoms with Crippen LogP contribution in [0.15, 0.2) is 12.7 Å². The van der Waals surface area contributed by atoms with Gasteiger partial charge in [-0.25, -0.2) is 9.97 Å². The van der Waals surface area contributed by atoms with Crippen LogP contribution in [-0.2, 0) is 4.74 Å². The summed E-state index contributed by atoms with van der Waals surface area (Å²) in [5.74, 6) is 0.370. The van der Waals surface area contributed by atoms with Crippen LogP contribution in [0.25, 0.3) is 11.2 Å². The first kappa shape index (κ1) is 12.3. The summed E-state index contributed by atoms with van der Waals surface area (Å²) in [7, 11) is 1.50. The number of hydrogen-bond acceptors (Lipinski definition) is 7. The Morgan fingerprint density at radius 3 is 3.00 bits per heavy atom. The van der Waals surface area contributed by atoms with Crippen molar-refractivity contribution in [1.82, 2.24) is 19.5 Å². The van der Waals surface area contributed by atoms with E-state index in [0.717, 1.165) is 0 Å². The van der Waals surface area contributed by atoms with E-state index in [4.69, 9.17) is 14.6 Å². The van der Waals surface area contributed by atoms with Gasteiger partial charge in [-0.3, -0.25) is 4.57 Å². The van der Waals surface area contributed by atoms with Crippen molar-refractivity contribution in [2.24, 2.45) is 0 Å². The maximum Gasteiger partial charge on any atom is 0.245 e. The molecule has 0 aliphatic carbocycles. The Morgan fingerprint density at radius 1 is 1.47 bits per heavy atom. The molecule has 2 N–H and O–H groups in total. The van der Waals surface area contributed by atoms with Gasteiger partial charge in [0.25, 0.3) is 0 Å². The number of aliphatic hydroxyl groups excluding tert-OH is 2. The number of hydrogen-bond donors (Lipinski definition) is 2. The summed E-state index contributed by atoms with van der Waals surface area (Å²) >= 11 is 0. The van der Waals surface area contributed by atoms with E-state index >= 15 is 0 Å². The maximum absolute atomic E-state index is 9.99. The molecule has 2 aromatic heterocycles. The minimum atomic E-state index is -0.712. The lowest BCUT2D eigenvalue weighted by Gasteiger charge is -2.16. The van der Waals surface area contributed by atoms with E-state index in [-0.39, 0.29) is 12.7 Å². The predicted octanol–water partition coefficient (Wildman–Crippen LogP) is -0.524. The standard InChI is InChI=1S/C11H14N4O4/c1-18-10-8-9(12-4-13-10)15(5-14-8)11-7(17)2-6(3-16)19-11/h4-7,11,16-17H,2-3H2,1H3/t6-,7-,11?/m0/s1. The minimum Gasteiger partial charge on any atom is -0.479 e. The van der Waals surface area contributed by atoms with E-state index in [1.165, 1.54) is 19.8 Å². The fraction of sp³-hybridized carbons (Fsp3) is 0.545. The van der Waals surface area contributed by atoms with E-state index in [0.29, 0.717) is 23.5 Å². The van der Waals surface area contributed by atoms with Gasteiger partial charge in [-0.1, -0.05) is 0 Å². The molecule has 0 radical (unpaired) electrons. The SMILES string of the molecule is COc1ncnc2c1ncn2C1O[C@H](CO)C[C@@H]1O. The summed E-state index contributed by atoms with van der Waals surface area (Å²) < 4.78 is 12.3. The molecular weight excluding hydrogens is 252 g/mol. The van der Waals surface area contributed by atoms with Gasteiger partial charge in [-0.2, -0.15) is 4.98 Å². The van der Waals surface area contributed by atoms with E-state index in [2.05, 4.69) is 15.0 Å². The summed E-state index contributed by atoms with van der Waals surface area (Å²) in [6.07, 6.45) is 1.57. The van der Waals surface area contributed by atoms with Crippen molar-refractivity contribution >= 4 is 11.2 Å². The van der Waals surface area contributed by atoms with Gasteiger partial charge in [0.05, 0.1) is 26.1 Å². The topological polar surface area (TPSA) is 103 Å². The van der Waals surface area contributed by atoms with Crippen LogP contribution in [-0.4, -0.2) is 55.7 Å². The second-order valence-corrected chi connectivity index (χ2v) is 4.34. The van der Waals surface area contributed by atoms with Crippen molar-refractivity contribution in [3.8, 4) is 5.88 Å². The van der Waals surface area contributed by atoms with Gasteiger partial charge in [-0.05, 0) is 0 Å². The number of aliphatic hydroxyl groups is 2. The average molecular weight is 266 g/mol. The molecule has 19 heavy (non-hydrogen) atoms. The van der Waals surface area contributed by atoms with Gasteiger partial charge in [0.2, 0.25) is 5.88 Å². The molecule has 1 saturated heterocycles. The quantitative estimate of drug-likeness (QED) is 0.770. The van der Waals surface area contributed by atoms with Crippen molar-refractivity contribution in [2.45, 2.75) is 24.9 Å². The first-order valence-electron chi connectivity index (χ1n) is 5.90. The molecule has 1 fully saturated rings. The molecular formula is C11H14N4O4. The Hall–Kier alpha value is -1.77. The Labute approximate surface area is 108 Å². The van der Waals surface area contributed by atoms with Crippen LogP contribution in [0.3, 0.4) is 0 Å². The van der Waals surface area contributed by atoms with Crippen molar-refractivity contribution in [3.63, 3.8) is 0 Å². The zero-order chi connectivity index (χ0) is 13.4. The highest BCUT2D eigenvalue weighted by molar-refractivity contribution is 5.75. The smallest absolute Gasteiger partial charge is 0.245 e. The molecule has 0 aromatic carbocycles. The number of methoxy groups -OCH3 is 1. The zero-order valence-electron chi connectivity index (χ0n) is 10.3. The summed E-state index contributed by atoms with van der Waals surface area (Å²) in [4.78, 5) is 12.3. The lowest BCUT2D eigenvalue weighted by Crippen LogP contribution is -2.19. The fourth-order valence-corrected chi connectivity index (χ4v) is 2.26. The summed E-state index contributed by atoms with van der Waals surface area (Å²) in [6.45, 7) is -0.126. The van der Waals surface area contributed by atoms with E-state index in [1.54, 1.807) is 4.57 Å². The van der Waals surface area contributed by atoms with Crippen molar-refractivity contribution in [2.75, 3.05) is 13.7 Å². The number of nitrogens with zero attached hydrogens (tertiary/aromatic N) is 4. The van der Waals surface area contributed by atoms with Crippen LogP contribution in [0.2, 0.25) is 0 Å². The van der Waals surface area contributed by atoms with E-state index < -0.39 is 12.3 Å². The van der Waals surface area contributed by atoms with Gasteiger partial charge in [-0.15, -0.1) is 0 Å². The number of aromatic nitrogens is 4. The van der Waals surface area contributed by atoms with Gasteiger partial charge >= 0.3 is 0 Å². The van der Waals surface area contributed by atoms with Gasteiger partial charge in [0.15, 0.2) is 17.4 Å². The first-order valence-corrected chi connectivity index (χ1v) is 5.90. The summed E-state index contributed by atoms with van der Waals surface area (Å²) in [6, 6.07) is 0. The molecule has 8 nitrogen and oxygen atoms in total. The van der Waals surface area contributed by atoms with Crippen LogP contribution < -0.4 is 4.74 Å². The average Bonchev–Trinajstić information content (AvgIpc) is 3.01. The second kappa shape index (κ2) is 4.72. The van der Waals surface area contributed by atoms with Crippen LogP contribution in [0.4, 0.5) is 0 Å². The highest BCUT2D eigenvalue weighted by atomic mass is 16.5. The number of rotatable bonds is 3. The summed E-state index contributed by atoms with van der Waals surface area (Å²) in [5, 5.41) is 19.1. The molecule has 0 bridgehead atoms. The maximum atomic E-state index is 9.99. The van der Waals surface area contributed by atoms with Crippen LogP contribution >= 0.6 is 0 Å². The van der Waals surface area contributed by atoms with Crippen LogP contribution in [0, 0.1) is 0 Å². The van der Waals surface area contributed by atoms with Crippen molar-refractivity contribution < 1.29 is 19.7 Å². The first-order chi connectivity index (χ1) is 9.24. The molecule has 8 heteroatoms. The van der Waals surface area contributed by atoms with Gasteiger partial charge < -0.3 is 19.7 Å². The van der Waals surface area contributed by atoms with Crippen molar-refractivity contribution in [1.29, 1.82) is 0 Å². The molecule has 1 aliphatic heterocycles. The summed E-state index contributed by atoms with van der Waals surface area (Å²) in [5.41, 5.74) is 1.03. The third-order valence-electron chi connectivity index (χ3n) is 3.16. The largest absolute Gasteiger partial charge is 0.479 e. The second-order valence-electron chi connectivity index (χ2n) is 4.34. The molecule has 3 heterocycles. The van der Waals surface area contributed by atoms with Gasteiger partial charge in [0.1, 0.15) is 12.4 Å². The monoisotopic (exact) mass is 266 g/mol. The fourth-order valence-electron chi connectivity index (χ4n) is 2.26. The molecule has 0 spiro atoms. The van der Waals surface area contributed by atoms with E-state index in [9.17, 15) is 5.11 Å². The highest BCUT2D eigenvalue weighted by Gasteiger charge is 2.36. The van der Waals surface area contributed by atoms with Gasteiger partial charge in [0, 0.05) is 6.42 Å². The Kier molecular flexibility index (Phi) is 3.05. The third kappa shape index (κ3) is 1.93. The van der Waals surface area contributed by atoms with Crippen molar-refractivity contribution in [3.05, 3.63) is 12.7 Å². The molecule has 1 unspecified atom stereocenters. The molecule has 2 aromatic rings. The lowest BCUT2D eigenvalue weighted by atomic mass is 10.2. The predicted molar refractivity (Wildman–Crippen MR) is 63.5 cm³/mol. The number of ether oxygens (including phenoxy) is 2. The van der Waals surface area contributed by atoms with Crippen LogP contribution in [0.1, 0.15) is 12.6 Å². The molecule has 0 saturated carbocycles. The zero-order valence-corrected chi connectivity index (χ0v) is 10.3. The minimum absolute atomic E-state index is 0.126. The van der Waals surface area contributed by atoms with Crippen LogP contribution in [0.5, 0.6) is 5.88 Å².